The molecule has 0 spiro atoms. The predicted octanol–water partition coefficient (Wildman–Crippen LogP) is 1.21. The van der Waals surface area contributed by atoms with Crippen molar-refractivity contribution in [2.24, 2.45) is 10.7 Å². The largest absolute Gasteiger partial charge is 0.385 e. The molecule has 0 amide bonds. The minimum Gasteiger partial charge on any atom is -0.385 e. The topological polar surface area (TPSA) is 81.5 Å². The number of aromatic nitrogens is 1. The average Bonchev–Trinajstić information content (AvgIpc) is 2.87. The highest BCUT2D eigenvalue weighted by Gasteiger charge is 2.26. The van der Waals surface area contributed by atoms with Crippen molar-refractivity contribution in [3.63, 3.8) is 0 Å². The number of hydrogen-bond acceptors (Lipinski definition) is 5. The number of anilines is 1. The van der Waals surface area contributed by atoms with Crippen LogP contribution in [0.1, 0.15) is 24.1 Å². The van der Waals surface area contributed by atoms with Crippen molar-refractivity contribution in [1.82, 2.24) is 15.2 Å². The number of aliphatic imine (C=N–C) groups is 1. The van der Waals surface area contributed by atoms with Crippen LogP contribution in [0.3, 0.4) is 0 Å². The van der Waals surface area contributed by atoms with Crippen LogP contribution < -0.4 is 16.4 Å². The Morgan fingerprint density at radius 3 is 3.20 bits per heavy atom. The van der Waals surface area contributed by atoms with Crippen molar-refractivity contribution in [3.8, 4) is 0 Å². The van der Waals surface area contributed by atoms with Gasteiger partial charge in [0.25, 0.3) is 0 Å². The van der Waals surface area contributed by atoms with E-state index in [0.717, 1.165) is 18.9 Å². The molecule has 0 bridgehead atoms. The Hall–Kier alpha value is -2.37. The average molecular weight is 272 g/mol. The summed E-state index contributed by atoms with van der Waals surface area (Å²) < 4.78 is 0. The molecule has 2 aliphatic rings. The molecule has 6 nitrogen and oxygen atoms in total. The first-order valence-electron chi connectivity index (χ1n) is 6.84. The van der Waals surface area contributed by atoms with E-state index >= 15 is 0 Å². The summed E-state index contributed by atoms with van der Waals surface area (Å²) in [7, 11) is 1.96. The van der Waals surface area contributed by atoms with E-state index in [1.807, 2.05) is 18.1 Å². The molecule has 106 valence electrons. The number of H-pyrrole nitrogens is 1. The summed E-state index contributed by atoms with van der Waals surface area (Å²) in [5, 5.41) is 6.79. The molecule has 3 rings (SSSR count). The molecule has 1 atom stereocenters. The summed E-state index contributed by atoms with van der Waals surface area (Å²) in [4.78, 5) is 9.41. The van der Waals surface area contributed by atoms with Gasteiger partial charge in [0, 0.05) is 49.4 Å². The number of hydrogen-bond donors (Lipinski definition) is 4. The minimum absolute atomic E-state index is 0.0921. The van der Waals surface area contributed by atoms with Gasteiger partial charge in [0.1, 0.15) is 5.82 Å². The fourth-order valence-electron chi connectivity index (χ4n) is 2.69. The van der Waals surface area contributed by atoms with Gasteiger partial charge in [-0.25, -0.2) is 4.99 Å². The zero-order valence-electron chi connectivity index (χ0n) is 11.8. The molecule has 0 fully saturated rings. The third-order valence-electron chi connectivity index (χ3n) is 3.70. The quantitative estimate of drug-likeness (QED) is 0.666. The van der Waals surface area contributed by atoms with Gasteiger partial charge in [0.2, 0.25) is 0 Å². The van der Waals surface area contributed by atoms with Crippen LogP contribution in [0.5, 0.6) is 0 Å². The molecule has 1 unspecified atom stereocenters. The highest BCUT2D eigenvalue weighted by atomic mass is 15.3. The zero-order chi connectivity index (χ0) is 14.1. The van der Waals surface area contributed by atoms with Crippen molar-refractivity contribution >= 4 is 17.5 Å². The molecule has 0 aliphatic carbocycles. The van der Waals surface area contributed by atoms with Crippen LogP contribution in [0.15, 0.2) is 29.5 Å². The fraction of sp³-hybridized carbons (Fsp3) is 0.357. The molecule has 5 N–H and O–H groups in total. The van der Waals surface area contributed by atoms with E-state index in [9.17, 15) is 0 Å². The van der Waals surface area contributed by atoms with Gasteiger partial charge in [-0.2, -0.15) is 0 Å². The van der Waals surface area contributed by atoms with Gasteiger partial charge in [0.05, 0.1) is 6.04 Å². The van der Waals surface area contributed by atoms with Gasteiger partial charge in [-0.05, 0) is 19.1 Å². The monoisotopic (exact) mass is 272 g/mol. The number of likely N-dealkylation sites (N-methyl/N-ethyl adjacent to an activating group) is 1. The number of aromatic amines is 1. The first kappa shape index (κ1) is 12.7. The van der Waals surface area contributed by atoms with Crippen molar-refractivity contribution in [1.29, 1.82) is 0 Å². The van der Waals surface area contributed by atoms with Gasteiger partial charge in [-0.15, -0.1) is 0 Å². The lowest BCUT2D eigenvalue weighted by Gasteiger charge is -2.30. The van der Waals surface area contributed by atoms with E-state index in [-0.39, 0.29) is 6.04 Å². The van der Waals surface area contributed by atoms with Crippen molar-refractivity contribution in [2.45, 2.75) is 13.0 Å². The summed E-state index contributed by atoms with van der Waals surface area (Å²) in [6.07, 6.45) is 8.04. The second kappa shape index (κ2) is 4.96. The van der Waals surface area contributed by atoms with E-state index in [1.165, 1.54) is 16.8 Å². The lowest BCUT2D eigenvalue weighted by atomic mass is 9.99. The fourth-order valence-corrected chi connectivity index (χ4v) is 2.69. The second-order valence-corrected chi connectivity index (χ2v) is 4.91. The molecule has 2 aliphatic heterocycles. The first-order valence-corrected chi connectivity index (χ1v) is 6.84. The highest BCUT2D eigenvalue weighted by molar-refractivity contribution is 5.83. The van der Waals surface area contributed by atoms with E-state index in [1.54, 1.807) is 6.20 Å². The molecule has 0 saturated heterocycles. The van der Waals surface area contributed by atoms with Crippen LogP contribution in [-0.2, 0) is 0 Å². The second-order valence-electron chi connectivity index (χ2n) is 4.91. The maximum absolute atomic E-state index is 5.91. The van der Waals surface area contributed by atoms with Crippen LogP contribution in [-0.4, -0.2) is 36.0 Å². The molecule has 3 heterocycles. The molecule has 6 heteroatoms. The molecule has 1 aromatic heterocycles. The highest BCUT2D eigenvalue weighted by Crippen LogP contribution is 2.35. The van der Waals surface area contributed by atoms with Crippen LogP contribution in [0.4, 0.5) is 5.82 Å². The van der Waals surface area contributed by atoms with E-state index in [2.05, 4.69) is 39.7 Å². The van der Waals surface area contributed by atoms with Crippen LogP contribution in [0.25, 0.3) is 5.70 Å². The number of rotatable bonds is 3. The SMILES string of the molecule is CCNC1=CCNc2[nH]cc(C3C=CN=C(N)N3C)c21. The number of fused-ring (bicyclic) bond motifs is 1. The van der Waals surface area contributed by atoms with Gasteiger partial charge < -0.3 is 26.3 Å². The number of nitrogens with zero attached hydrogens (tertiary/aromatic N) is 2. The lowest BCUT2D eigenvalue weighted by Crippen LogP contribution is -2.38. The summed E-state index contributed by atoms with van der Waals surface area (Å²) >= 11 is 0. The van der Waals surface area contributed by atoms with E-state index < -0.39 is 0 Å². The molecule has 0 saturated carbocycles. The minimum atomic E-state index is 0.0921. The lowest BCUT2D eigenvalue weighted by molar-refractivity contribution is 0.427. The van der Waals surface area contributed by atoms with Crippen LogP contribution in [0.2, 0.25) is 0 Å². The first-order chi connectivity index (χ1) is 9.72. The molecule has 20 heavy (non-hydrogen) atoms. The molecule has 0 radical (unpaired) electrons. The maximum Gasteiger partial charge on any atom is 0.196 e. The van der Waals surface area contributed by atoms with Gasteiger partial charge >= 0.3 is 0 Å². The van der Waals surface area contributed by atoms with Crippen molar-refractivity contribution in [2.75, 3.05) is 25.5 Å². The third-order valence-corrected chi connectivity index (χ3v) is 3.70. The molecule has 1 aromatic rings. The van der Waals surface area contributed by atoms with Gasteiger partial charge in [-0.1, -0.05) is 0 Å². The van der Waals surface area contributed by atoms with Crippen molar-refractivity contribution < 1.29 is 0 Å². The van der Waals surface area contributed by atoms with Crippen molar-refractivity contribution in [3.05, 3.63) is 35.7 Å². The number of nitrogens with one attached hydrogen (secondary N) is 3. The van der Waals surface area contributed by atoms with E-state index in [0.29, 0.717) is 5.96 Å². The van der Waals surface area contributed by atoms with Crippen LogP contribution >= 0.6 is 0 Å². The summed E-state index contributed by atoms with van der Waals surface area (Å²) in [6.45, 7) is 3.83. The Morgan fingerprint density at radius 1 is 1.55 bits per heavy atom. The van der Waals surface area contributed by atoms with Gasteiger partial charge in [-0.3, -0.25) is 0 Å². The van der Waals surface area contributed by atoms with Crippen LogP contribution in [0, 0.1) is 0 Å². The molecular formula is C14H20N6. The Bertz CT molecular complexity index is 595. The Morgan fingerprint density at radius 2 is 2.40 bits per heavy atom. The third kappa shape index (κ3) is 1.93. The summed E-state index contributed by atoms with van der Waals surface area (Å²) in [6, 6.07) is 0.0921. The maximum atomic E-state index is 5.91. The van der Waals surface area contributed by atoms with E-state index in [4.69, 9.17) is 5.73 Å². The number of guanidine groups is 1. The predicted molar refractivity (Wildman–Crippen MR) is 82.2 cm³/mol. The Labute approximate surface area is 118 Å². The summed E-state index contributed by atoms with van der Waals surface area (Å²) in [5.41, 5.74) is 9.46. The van der Waals surface area contributed by atoms with Gasteiger partial charge in [0.15, 0.2) is 5.96 Å². The standard InChI is InChI=1S/C14H20N6/c1-3-16-10-4-6-17-13-12(10)9(8-19-13)11-5-7-18-14(15)20(11)2/h4-5,7-8,11,16-17,19H,3,6H2,1-2H3,(H2,15,18). The Kier molecular flexibility index (Phi) is 3.14. The normalized spacial score (nSPS) is 20.9. The molecule has 0 aromatic carbocycles. The zero-order valence-corrected chi connectivity index (χ0v) is 11.8. The number of nitrogens with two attached hydrogens (primary N) is 1. The summed E-state index contributed by atoms with van der Waals surface area (Å²) in [5.74, 6) is 1.59. The Balaban J connectivity index is 2.01. The molecular weight excluding hydrogens is 252 g/mol. The smallest absolute Gasteiger partial charge is 0.196 e.